The third-order valence-corrected chi connectivity index (χ3v) is 3.22. The fourth-order valence-corrected chi connectivity index (χ4v) is 2.04. The minimum Gasteiger partial charge on any atom is -0.481 e. The molecule has 104 valence electrons. The number of aliphatic carboxylic acids is 1. The number of amides is 1. The average Bonchev–Trinajstić information content (AvgIpc) is 2.41. The summed E-state index contributed by atoms with van der Waals surface area (Å²) in [6.45, 7) is 4.17. The zero-order valence-electron chi connectivity index (χ0n) is 11.5. The number of rotatable bonds is 7. The number of carboxylic acid groups (broad SMARTS) is 1. The quantitative estimate of drug-likeness (QED) is 0.822. The van der Waals surface area contributed by atoms with Gasteiger partial charge in [0, 0.05) is 18.2 Å². The molecule has 0 unspecified atom stereocenters. The van der Waals surface area contributed by atoms with Crippen molar-refractivity contribution in [2.45, 2.75) is 33.1 Å². The highest BCUT2D eigenvalue weighted by Gasteiger charge is 2.23. The van der Waals surface area contributed by atoms with Gasteiger partial charge >= 0.3 is 5.97 Å². The van der Waals surface area contributed by atoms with Crippen LogP contribution >= 0.6 is 0 Å². The molecule has 1 N–H and O–H groups in total. The summed E-state index contributed by atoms with van der Waals surface area (Å²) in [5.74, 6) is -0.926. The Morgan fingerprint density at radius 1 is 1.16 bits per heavy atom. The van der Waals surface area contributed by atoms with Gasteiger partial charge in [-0.25, -0.2) is 0 Å². The summed E-state index contributed by atoms with van der Waals surface area (Å²) in [7, 11) is 0. The van der Waals surface area contributed by atoms with Gasteiger partial charge in [-0.05, 0) is 25.0 Å². The molecule has 0 saturated carbocycles. The molecule has 0 atom stereocenters. The van der Waals surface area contributed by atoms with Crippen molar-refractivity contribution in [2.24, 2.45) is 5.92 Å². The molecule has 19 heavy (non-hydrogen) atoms. The summed E-state index contributed by atoms with van der Waals surface area (Å²) in [6.07, 6.45) is 1.50. The van der Waals surface area contributed by atoms with Crippen LogP contribution in [0.3, 0.4) is 0 Å². The Bertz CT molecular complexity index is 413. The fraction of sp³-hybridized carbons (Fsp3) is 0.467. The van der Waals surface area contributed by atoms with E-state index < -0.39 is 5.97 Å². The summed E-state index contributed by atoms with van der Waals surface area (Å²) in [6, 6.07) is 9.25. The van der Waals surface area contributed by atoms with Gasteiger partial charge in [0.1, 0.15) is 0 Å². The molecule has 0 heterocycles. The topological polar surface area (TPSA) is 57.6 Å². The summed E-state index contributed by atoms with van der Waals surface area (Å²) in [5.41, 5.74) is 0.764. The lowest BCUT2D eigenvalue weighted by Gasteiger charge is -2.26. The highest BCUT2D eigenvalue weighted by molar-refractivity contribution is 5.95. The van der Waals surface area contributed by atoms with Crippen molar-refractivity contribution in [2.75, 3.05) is 11.4 Å². The first-order valence-corrected chi connectivity index (χ1v) is 6.68. The van der Waals surface area contributed by atoms with E-state index in [4.69, 9.17) is 5.11 Å². The lowest BCUT2D eigenvalue weighted by molar-refractivity contribution is -0.136. The first kappa shape index (κ1) is 15.2. The van der Waals surface area contributed by atoms with Crippen LogP contribution in [0, 0.1) is 5.92 Å². The number of benzene rings is 1. The summed E-state index contributed by atoms with van der Waals surface area (Å²) >= 11 is 0. The Labute approximate surface area is 114 Å². The number of carboxylic acids is 1. The maximum atomic E-state index is 12.5. The van der Waals surface area contributed by atoms with Gasteiger partial charge in [0.2, 0.25) is 5.91 Å². The number of carbonyl (C=O) groups is 2. The second-order valence-corrected chi connectivity index (χ2v) is 4.48. The molecular formula is C15H21NO3. The van der Waals surface area contributed by atoms with Crippen LogP contribution in [0.4, 0.5) is 5.69 Å². The molecule has 0 spiro atoms. The molecule has 0 bridgehead atoms. The van der Waals surface area contributed by atoms with Crippen LogP contribution in [0.5, 0.6) is 0 Å². The van der Waals surface area contributed by atoms with Crippen molar-refractivity contribution < 1.29 is 14.7 Å². The van der Waals surface area contributed by atoms with E-state index in [-0.39, 0.29) is 24.8 Å². The number of anilines is 1. The summed E-state index contributed by atoms with van der Waals surface area (Å²) in [4.78, 5) is 24.8. The van der Waals surface area contributed by atoms with Gasteiger partial charge in [-0.2, -0.15) is 0 Å². The fourth-order valence-electron chi connectivity index (χ4n) is 2.04. The zero-order chi connectivity index (χ0) is 14.3. The maximum Gasteiger partial charge on any atom is 0.305 e. The maximum absolute atomic E-state index is 12.5. The standard InChI is InChI=1S/C15H21NO3/c1-3-12(4-2)15(19)16(11-10-14(17)18)13-8-6-5-7-9-13/h5-9,12H,3-4,10-11H2,1-2H3,(H,17,18). The second-order valence-electron chi connectivity index (χ2n) is 4.48. The van der Waals surface area contributed by atoms with Crippen LogP contribution in [0.2, 0.25) is 0 Å². The van der Waals surface area contributed by atoms with Crippen molar-refractivity contribution in [3.63, 3.8) is 0 Å². The van der Waals surface area contributed by atoms with Gasteiger partial charge in [0.25, 0.3) is 0 Å². The van der Waals surface area contributed by atoms with Crippen LogP contribution in [-0.4, -0.2) is 23.5 Å². The first-order chi connectivity index (χ1) is 9.10. The molecule has 1 rings (SSSR count). The predicted octanol–water partition coefficient (Wildman–Crippen LogP) is 2.93. The number of hydrogen-bond donors (Lipinski definition) is 1. The van der Waals surface area contributed by atoms with E-state index in [1.54, 1.807) is 4.90 Å². The molecule has 4 heteroatoms. The normalized spacial score (nSPS) is 10.5. The van der Waals surface area contributed by atoms with Crippen molar-refractivity contribution >= 4 is 17.6 Å². The van der Waals surface area contributed by atoms with Crippen LogP contribution in [0.25, 0.3) is 0 Å². The van der Waals surface area contributed by atoms with E-state index in [1.165, 1.54) is 0 Å². The zero-order valence-corrected chi connectivity index (χ0v) is 11.5. The number of carbonyl (C=O) groups excluding carboxylic acids is 1. The molecule has 0 radical (unpaired) electrons. The molecule has 0 aliphatic carbocycles. The van der Waals surface area contributed by atoms with Gasteiger partial charge in [0.15, 0.2) is 0 Å². The van der Waals surface area contributed by atoms with Crippen LogP contribution in [-0.2, 0) is 9.59 Å². The lowest BCUT2D eigenvalue weighted by Crippen LogP contribution is -2.37. The number of nitrogens with zero attached hydrogens (tertiary/aromatic N) is 1. The first-order valence-electron chi connectivity index (χ1n) is 6.68. The second kappa shape index (κ2) is 7.56. The van der Waals surface area contributed by atoms with Crippen molar-refractivity contribution in [3.05, 3.63) is 30.3 Å². The van der Waals surface area contributed by atoms with Crippen LogP contribution in [0.1, 0.15) is 33.1 Å². The van der Waals surface area contributed by atoms with E-state index in [9.17, 15) is 9.59 Å². The van der Waals surface area contributed by atoms with E-state index >= 15 is 0 Å². The molecule has 0 fully saturated rings. The monoisotopic (exact) mass is 263 g/mol. The van der Waals surface area contributed by atoms with Gasteiger partial charge in [0.05, 0.1) is 6.42 Å². The van der Waals surface area contributed by atoms with E-state index in [1.807, 2.05) is 44.2 Å². The summed E-state index contributed by atoms with van der Waals surface area (Å²) < 4.78 is 0. The molecule has 4 nitrogen and oxygen atoms in total. The Kier molecular flexibility index (Phi) is 6.06. The summed E-state index contributed by atoms with van der Waals surface area (Å²) in [5, 5.41) is 8.81. The van der Waals surface area contributed by atoms with E-state index in [2.05, 4.69) is 0 Å². The molecular weight excluding hydrogens is 242 g/mol. The van der Waals surface area contributed by atoms with Crippen LogP contribution < -0.4 is 4.90 Å². The smallest absolute Gasteiger partial charge is 0.305 e. The van der Waals surface area contributed by atoms with Crippen molar-refractivity contribution in [1.82, 2.24) is 0 Å². The van der Waals surface area contributed by atoms with Gasteiger partial charge in [-0.3, -0.25) is 9.59 Å². The highest BCUT2D eigenvalue weighted by Crippen LogP contribution is 2.20. The van der Waals surface area contributed by atoms with Gasteiger partial charge in [-0.1, -0.05) is 32.0 Å². The van der Waals surface area contributed by atoms with Gasteiger partial charge < -0.3 is 10.0 Å². The Hall–Kier alpha value is -1.84. The van der Waals surface area contributed by atoms with Gasteiger partial charge in [-0.15, -0.1) is 0 Å². The molecule has 1 aromatic carbocycles. The van der Waals surface area contributed by atoms with Crippen molar-refractivity contribution in [3.8, 4) is 0 Å². The molecule has 0 aliphatic heterocycles. The largest absolute Gasteiger partial charge is 0.481 e. The van der Waals surface area contributed by atoms with E-state index in [0.717, 1.165) is 18.5 Å². The van der Waals surface area contributed by atoms with Crippen molar-refractivity contribution in [1.29, 1.82) is 0 Å². The Morgan fingerprint density at radius 3 is 2.21 bits per heavy atom. The SMILES string of the molecule is CCC(CC)C(=O)N(CCC(=O)O)c1ccccc1. The number of hydrogen-bond acceptors (Lipinski definition) is 2. The third-order valence-electron chi connectivity index (χ3n) is 3.22. The molecule has 1 amide bonds. The minimum absolute atomic E-state index is 0.0115. The lowest BCUT2D eigenvalue weighted by atomic mass is 10.0. The molecule has 0 aromatic heterocycles. The molecule has 0 aliphatic rings. The van der Waals surface area contributed by atoms with E-state index in [0.29, 0.717) is 0 Å². The molecule has 1 aromatic rings. The van der Waals surface area contributed by atoms with Crippen LogP contribution in [0.15, 0.2) is 30.3 Å². The predicted molar refractivity (Wildman–Crippen MR) is 75.1 cm³/mol. The highest BCUT2D eigenvalue weighted by atomic mass is 16.4. The molecule has 0 saturated heterocycles. The average molecular weight is 263 g/mol. The Balaban J connectivity index is 2.92. The third kappa shape index (κ3) is 4.39. The minimum atomic E-state index is -0.890. The Morgan fingerprint density at radius 2 is 1.74 bits per heavy atom. The number of para-hydroxylation sites is 1.